The summed E-state index contributed by atoms with van der Waals surface area (Å²) in [6.07, 6.45) is 2.25. The molecule has 0 aliphatic rings. The molecule has 2 aromatic carbocycles. The summed E-state index contributed by atoms with van der Waals surface area (Å²) in [6.45, 7) is 2.03. The molecule has 2 N–H and O–H groups in total. The molecule has 0 aliphatic carbocycles. The number of nitrogens with one attached hydrogen (secondary N) is 2. The first-order valence-corrected chi connectivity index (χ1v) is 10.1. The van der Waals surface area contributed by atoms with Gasteiger partial charge in [0, 0.05) is 23.2 Å². The van der Waals surface area contributed by atoms with Crippen LogP contribution in [-0.4, -0.2) is 29.1 Å². The number of methoxy groups -OCH3 is 1. The number of anilines is 2. The minimum absolute atomic E-state index is 0.0577. The van der Waals surface area contributed by atoms with Crippen molar-refractivity contribution in [3.63, 3.8) is 0 Å². The minimum Gasteiger partial charge on any atom is -0.497 e. The van der Waals surface area contributed by atoms with E-state index in [2.05, 4.69) is 20.8 Å². The predicted octanol–water partition coefficient (Wildman–Crippen LogP) is 4.59. The van der Waals surface area contributed by atoms with Crippen LogP contribution in [0.4, 0.5) is 10.8 Å². The summed E-state index contributed by atoms with van der Waals surface area (Å²) in [5.41, 5.74) is 1.91. The topological polar surface area (TPSA) is 93.2 Å². The number of benzene rings is 2. The highest BCUT2D eigenvalue weighted by atomic mass is 32.1. The Bertz CT molecular complexity index is 986. The van der Waals surface area contributed by atoms with Crippen molar-refractivity contribution in [1.29, 1.82) is 0 Å². The summed E-state index contributed by atoms with van der Waals surface area (Å²) in [4.78, 5) is 24.4. The van der Waals surface area contributed by atoms with E-state index in [-0.39, 0.29) is 11.8 Å². The zero-order valence-corrected chi connectivity index (χ0v) is 17.1. The van der Waals surface area contributed by atoms with Crippen LogP contribution >= 0.6 is 11.3 Å². The van der Waals surface area contributed by atoms with E-state index in [4.69, 9.17) is 4.74 Å². The summed E-state index contributed by atoms with van der Waals surface area (Å²) in [5, 5.41) is 14.8. The van der Waals surface area contributed by atoms with Gasteiger partial charge in [-0.05, 0) is 48.9 Å². The van der Waals surface area contributed by atoms with Gasteiger partial charge >= 0.3 is 0 Å². The number of hydrogen-bond acceptors (Lipinski definition) is 6. The maximum Gasteiger partial charge on any atom is 0.257 e. The van der Waals surface area contributed by atoms with Crippen molar-refractivity contribution in [1.82, 2.24) is 10.2 Å². The molecule has 0 aliphatic heterocycles. The van der Waals surface area contributed by atoms with Crippen LogP contribution in [0.5, 0.6) is 5.75 Å². The molecule has 1 aromatic heterocycles. The van der Waals surface area contributed by atoms with Gasteiger partial charge in [0.1, 0.15) is 10.8 Å². The number of carbonyl (C=O) groups is 2. The van der Waals surface area contributed by atoms with E-state index in [1.807, 2.05) is 31.2 Å². The van der Waals surface area contributed by atoms with Gasteiger partial charge in [-0.2, -0.15) is 0 Å². The van der Waals surface area contributed by atoms with Crippen molar-refractivity contribution in [2.45, 2.75) is 26.2 Å². The third-order valence-corrected chi connectivity index (χ3v) is 5.04. The van der Waals surface area contributed by atoms with Crippen LogP contribution in [-0.2, 0) is 4.79 Å². The first-order valence-electron chi connectivity index (χ1n) is 9.28. The lowest BCUT2D eigenvalue weighted by atomic mass is 10.2. The number of rotatable bonds is 8. The number of nitrogens with zero attached hydrogens (tertiary/aromatic N) is 2. The molecule has 8 heteroatoms. The Kier molecular flexibility index (Phi) is 6.91. The second-order valence-corrected chi connectivity index (χ2v) is 7.31. The van der Waals surface area contributed by atoms with Gasteiger partial charge in [0.2, 0.25) is 11.0 Å². The van der Waals surface area contributed by atoms with Crippen molar-refractivity contribution in [2.24, 2.45) is 0 Å². The number of carbonyl (C=O) groups excluding carboxylic acids is 2. The first kappa shape index (κ1) is 20.5. The SMILES string of the molecule is CCCCC(=O)Nc1cccc(C(=O)Nc2nnc(-c3ccc(OC)cc3)s2)c1. The monoisotopic (exact) mass is 410 g/mol. The van der Waals surface area contributed by atoms with Crippen molar-refractivity contribution in [3.8, 4) is 16.3 Å². The maximum absolute atomic E-state index is 12.6. The van der Waals surface area contributed by atoms with Crippen molar-refractivity contribution >= 4 is 34.0 Å². The van der Waals surface area contributed by atoms with E-state index in [1.165, 1.54) is 11.3 Å². The second kappa shape index (κ2) is 9.79. The van der Waals surface area contributed by atoms with Gasteiger partial charge < -0.3 is 10.1 Å². The molecule has 0 unspecified atom stereocenters. The van der Waals surface area contributed by atoms with Gasteiger partial charge in [-0.25, -0.2) is 0 Å². The average Bonchev–Trinajstić information content (AvgIpc) is 3.21. The summed E-state index contributed by atoms with van der Waals surface area (Å²) in [5.74, 6) is 0.387. The molecule has 3 aromatic rings. The summed E-state index contributed by atoms with van der Waals surface area (Å²) >= 11 is 1.28. The largest absolute Gasteiger partial charge is 0.497 e. The molecule has 0 saturated carbocycles. The Labute approximate surface area is 173 Å². The number of hydrogen-bond donors (Lipinski definition) is 2. The lowest BCUT2D eigenvalue weighted by Crippen LogP contribution is -2.14. The molecule has 7 nitrogen and oxygen atoms in total. The molecule has 3 rings (SSSR count). The van der Waals surface area contributed by atoms with Crippen LogP contribution in [0.25, 0.3) is 10.6 Å². The Morgan fingerprint density at radius 2 is 1.86 bits per heavy atom. The van der Waals surface area contributed by atoms with Crippen LogP contribution in [0.3, 0.4) is 0 Å². The second-order valence-electron chi connectivity index (χ2n) is 6.33. The third-order valence-electron chi connectivity index (χ3n) is 4.15. The molecule has 0 saturated heterocycles. The molecular weight excluding hydrogens is 388 g/mol. The van der Waals surface area contributed by atoms with Crippen molar-refractivity contribution in [3.05, 3.63) is 54.1 Å². The van der Waals surface area contributed by atoms with Gasteiger partial charge in [0.15, 0.2) is 0 Å². The fourth-order valence-electron chi connectivity index (χ4n) is 2.59. The van der Waals surface area contributed by atoms with E-state index in [9.17, 15) is 9.59 Å². The van der Waals surface area contributed by atoms with E-state index >= 15 is 0 Å². The van der Waals surface area contributed by atoms with Crippen LogP contribution in [0.15, 0.2) is 48.5 Å². The number of amides is 2. The molecular formula is C21H22N4O3S. The zero-order chi connectivity index (χ0) is 20.6. The maximum atomic E-state index is 12.6. The summed E-state index contributed by atoms with van der Waals surface area (Å²) in [6, 6.07) is 14.3. The molecule has 0 fully saturated rings. The minimum atomic E-state index is -0.313. The Morgan fingerprint density at radius 3 is 2.59 bits per heavy atom. The van der Waals surface area contributed by atoms with E-state index in [0.29, 0.717) is 27.8 Å². The first-order chi connectivity index (χ1) is 14.1. The lowest BCUT2D eigenvalue weighted by molar-refractivity contribution is -0.116. The molecule has 0 spiro atoms. The Morgan fingerprint density at radius 1 is 1.07 bits per heavy atom. The molecule has 2 amide bonds. The van der Waals surface area contributed by atoms with Crippen LogP contribution in [0.2, 0.25) is 0 Å². The van der Waals surface area contributed by atoms with Crippen LogP contribution in [0, 0.1) is 0 Å². The smallest absolute Gasteiger partial charge is 0.257 e. The quantitative estimate of drug-likeness (QED) is 0.566. The normalized spacial score (nSPS) is 10.4. The van der Waals surface area contributed by atoms with E-state index in [0.717, 1.165) is 24.2 Å². The highest BCUT2D eigenvalue weighted by molar-refractivity contribution is 7.18. The molecule has 0 atom stereocenters. The molecule has 29 heavy (non-hydrogen) atoms. The fourth-order valence-corrected chi connectivity index (χ4v) is 3.34. The van der Waals surface area contributed by atoms with E-state index in [1.54, 1.807) is 31.4 Å². The van der Waals surface area contributed by atoms with Gasteiger partial charge in [-0.3, -0.25) is 14.9 Å². The lowest BCUT2D eigenvalue weighted by Gasteiger charge is -2.07. The van der Waals surface area contributed by atoms with Crippen LogP contribution in [0.1, 0.15) is 36.5 Å². The molecule has 150 valence electrons. The van der Waals surface area contributed by atoms with Gasteiger partial charge in [-0.1, -0.05) is 30.7 Å². The fraction of sp³-hybridized carbons (Fsp3) is 0.238. The van der Waals surface area contributed by atoms with Crippen LogP contribution < -0.4 is 15.4 Å². The van der Waals surface area contributed by atoms with E-state index < -0.39 is 0 Å². The average molecular weight is 410 g/mol. The zero-order valence-electron chi connectivity index (χ0n) is 16.3. The van der Waals surface area contributed by atoms with Crippen molar-refractivity contribution < 1.29 is 14.3 Å². The number of aromatic nitrogens is 2. The summed E-state index contributed by atoms with van der Waals surface area (Å²) in [7, 11) is 1.61. The highest BCUT2D eigenvalue weighted by Gasteiger charge is 2.12. The molecule has 0 radical (unpaired) electrons. The van der Waals surface area contributed by atoms with Gasteiger partial charge in [0.25, 0.3) is 5.91 Å². The van der Waals surface area contributed by atoms with Crippen molar-refractivity contribution in [2.75, 3.05) is 17.7 Å². The molecule has 0 bridgehead atoms. The highest BCUT2D eigenvalue weighted by Crippen LogP contribution is 2.28. The standard InChI is InChI=1S/C21H22N4O3S/c1-3-4-8-18(26)22-16-7-5-6-15(13-16)19(27)23-21-25-24-20(29-21)14-9-11-17(28-2)12-10-14/h5-7,9-13H,3-4,8H2,1-2H3,(H,22,26)(H,23,25,27). The predicted molar refractivity (Wildman–Crippen MR) is 114 cm³/mol. The summed E-state index contributed by atoms with van der Waals surface area (Å²) < 4.78 is 5.15. The van der Waals surface area contributed by atoms with Gasteiger partial charge in [-0.15, -0.1) is 10.2 Å². The number of unbranched alkanes of at least 4 members (excludes halogenated alkanes) is 1. The number of ether oxygens (including phenoxy) is 1. The Hall–Kier alpha value is -3.26. The Balaban J connectivity index is 1.65. The van der Waals surface area contributed by atoms with Gasteiger partial charge in [0.05, 0.1) is 7.11 Å². The third kappa shape index (κ3) is 5.61. The molecule has 1 heterocycles.